The Bertz CT molecular complexity index is 783. The third-order valence-electron chi connectivity index (χ3n) is 4.18. The predicted octanol–water partition coefficient (Wildman–Crippen LogP) is -1.60. The van der Waals surface area contributed by atoms with Crippen LogP contribution in [0.25, 0.3) is 0 Å². The van der Waals surface area contributed by atoms with Crippen molar-refractivity contribution >= 4 is 29.1 Å². The van der Waals surface area contributed by atoms with Gasteiger partial charge in [0.25, 0.3) is 0 Å². The van der Waals surface area contributed by atoms with E-state index in [4.69, 9.17) is 23.4 Å². The van der Waals surface area contributed by atoms with E-state index in [1.165, 1.54) is 23.0 Å². The second kappa shape index (κ2) is 10.5. The number of carbonyl (C=O) groups excluding carboxylic acids is 1. The quantitative estimate of drug-likeness (QED) is 0.352. The molecule has 0 radical (unpaired) electrons. The molecule has 0 aliphatic carbocycles. The summed E-state index contributed by atoms with van der Waals surface area (Å²) in [5, 5.41) is 3.56. The maximum atomic E-state index is 12.4. The van der Waals surface area contributed by atoms with Gasteiger partial charge in [-0.15, -0.1) is 10.2 Å². The van der Waals surface area contributed by atoms with E-state index in [9.17, 15) is 4.79 Å². The fourth-order valence-corrected chi connectivity index (χ4v) is 7.03. The average Bonchev–Trinajstić information content (AvgIpc) is 2.72. The van der Waals surface area contributed by atoms with Crippen LogP contribution in [0, 0.1) is 10.2 Å². The normalized spacial score (nSPS) is 11.2. The molecule has 0 bridgehead atoms. The Labute approximate surface area is 172 Å². The molecule has 0 amide bonds. The topological polar surface area (TPSA) is 119 Å². The zero-order chi connectivity index (χ0) is 21.3. The Hall–Kier alpha value is -2.31. The second-order valence-corrected chi connectivity index (χ2v) is 10.2. The molecule has 0 saturated heterocycles. The minimum Gasteiger partial charge on any atom is -0.466 e. The molecule has 0 atom stereocenters. The van der Waals surface area contributed by atoms with E-state index in [0.29, 0.717) is 6.16 Å². The molecule has 0 aromatic heterocycles. The lowest BCUT2D eigenvalue weighted by Crippen LogP contribution is -2.68. The fraction of sp³-hybridized carbons (Fsp3) is 0.0952. The summed E-state index contributed by atoms with van der Waals surface area (Å²) >= 11 is 0. The van der Waals surface area contributed by atoms with Crippen molar-refractivity contribution in [1.29, 1.82) is 0 Å². The molecule has 29 heavy (non-hydrogen) atoms. The summed E-state index contributed by atoms with van der Waals surface area (Å²) in [6.45, 7) is 0. The zero-order valence-electron chi connectivity index (χ0n) is 15.6. The molecule has 3 aromatic rings. The van der Waals surface area contributed by atoms with E-state index in [0.717, 1.165) is 0 Å². The lowest BCUT2D eigenvalue weighted by molar-refractivity contribution is -2.00. The molecule has 0 fully saturated rings. The highest BCUT2D eigenvalue weighted by Gasteiger charge is 2.47. The standard InChI is InChI=1S/C21H20O2P.ClHO4/c1-23-21(22)17-24(18-11-5-2-6-12-18,19-13-7-3-8-14-19)20-15-9-4-10-16-20;2-1(3,4)5/h2-16H,17H2,1H3;(H,2,3,4,5)/q+1;/p-1. The van der Waals surface area contributed by atoms with Crippen molar-refractivity contribution in [3.8, 4) is 0 Å². The summed E-state index contributed by atoms with van der Waals surface area (Å²) < 4.78 is 39.0. The second-order valence-electron chi connectivity index (χ2n) is 5.93. The van der Waals surface area contributed by atoms with E-state index in [-0.39, 0.29) is 5.97 Å². The van der Waals surface area contributed by atoms with E-state index in [2.05, 4.69) is 36.4 Å². The van der Waals surface area contributed by atoms with Crippen LogP contribution in [0.5, 0.6) is 0 Å². The highest BCUT2D eigenvalue weighted by atomic mass is 35.7. The summed E-state index contributed by atoms with van der Waals surface area (Å²) in [6.07, 6.45) is 0.363. The van der Waals surface area contributed by atoms with Crippen molar-refractivity contribution in [2.24, 2.45) is 0 Å². The fourth-order valence-electron chi connectivity index (χ4n) is 3.03. The van der Waals surface area contributed by atoms with Crippen LogP contribution in [0.2, 0.25) is 0 Å². The first-order valence-electron chi connectivity index (χ1n) is 8.51. The lowest BCUT2D eigenvalue weighted by atomic mass is 10.4. The number of hydrogen-bond donors (Lipinski definition) is 0. The molecule has 0 aliphatic rings. The monoisotopic (exact) mass is 434 g/mol. The van der Waals surface area contributed by atoms with Gasteiger partial charge in [0.15, 0.2) is 6.16 Å². The summed E-state index contributed by atoms with van der Waals surface area (Å²) in [5.74, 6) is -0.181. The molecule has 6 nitrogen and oxygen atoms in total. The van der Waals surface area contributed by atoms with Gasteiger partial charge >= 0.3 is 5.97 Å². The van der Waals surface area contributed by atoms with Gasteiger partial charge in [0, 0.05) is 0 Å². The van der Waals surface area contributed by atoms with Gasteiger partial charge in [-0.2, -0.15) is 0 Å². The van der Waals surface area contributed by atoms with Crippen LogP contribution >= 0.6 is 7.26 Å². The van der Waals surface area contributed by atoms with E-state index < -0.39 is 17.5 Å². The zero-order valence-corrected chi connectivity index (χ0v) is 17.3. The van der Waals surface area contributed by atoms with Crippen molar-refractivity contribution in [3.63, 3.8) is 0 Å². The van der Waals surface area contributed by atoms with Gasteiger partial charge in [-0.25, -0.2) is 23.4 Å². The number of carbonyl (C=O) groups is 1. The summed E-state index contributed by atoms with van der Waals surface area (Å²) in [4.78, 5) is 12.4. The predicted molar refractivity (Wildman–Crippen MR) is 102 cm³/mol. The highest BCUT2D eigenvalue weighted by molar-refractivity contribution is 7.96. The third kappa shape index (κ3) is 6.61. The smallest absolute Gasteiger partial charge is 0.344 e. The van der Waals surface area contributed by atoms with Crippen LogP contribution in [-0.4, -0.2) is 19.2 Å². The SMILES string of the molecule is COC(=O)C[P+](c1ccccc1)(c1ccccc1)c1ccccc1.[O-][Cl+3]([O-])([O-])[O-]. The number of rotatable bonds is 5. The lowest BCUT2D eigenvalue weighted by Gasteiger charge is -2.26. The van der Waals surface area contributed by atoms with E-state index in [1.54, 1.807) is 0 Å². The van der Waals surface area contributed by atoms with Crippen LogP contribution < -0.4 is 34.5 Å². The van der Waals surface area contributed by atoms with Crippen LogP contribution in [0.4, 0.5) is 0 Å². The Morgan fingerprint density at radius 2 is 1.00 bits per heavy atom. The maximum Gasteiger partial charge on any atom is 0.344 e. The molecule has 3 rings (SSSR count). The number of hydrogen-bond acceptors (Lipinski definition) is 6. The van der Waals surface area contributed by atoms with Gasteiger partial charge in [0.2, 0.25) is 0 Å². The molecular formula is C21H20ClO6P. The number of benzene rings is 3. The van der Waals surface area contributed by atoms with Crippen molar-refractivity contribution < 1.29 is 38.4 Å². The molecule has 8 heteroatoms. The minimum atomic E-state index is -4.94. The molecule has 0 N–H and O–H groups in total. The van der Waals surface area contributed by atoms with Crippen LogP contribution in [0.15, 0.2) is 91.0 Å². The molecular weight excluding hydrogens is 415 g/mol. The van der Waals surface area contributed by atoms with Crippen molar-refractivity contribution in [3.05, 3.63) is 91.0 Å². The van der Waals surface area contributed by atoms with Crippen LogP contribution in [0.1, 0.15) is 0 Å². The molecule has 152 valence electrons. The summed E-state index contributed by atoms with van der Waals surface area (Å²) in [7, 11) is -5.59. The van der Waals surface area contributed by atoms with Crippen LogP contribution in [-0.2, 0) is 9.53 Å². The molecule has 3 aromatic carbocycles. The van der Waals surface area contributed by atoms with Gasteiger partial charge in [0.1, 0.15) is 23.2 Å². The van der Waals surface area contributed by atoms with Gasteiger partial charge in [-0.1, -0.05) is 54.6 Å². The Kier molecular flexibility index (Phi) is 8.29. The molecule has 0 spiro atoms. The van der Waals surface area contributed by atoms with Gasteiger partial charge in [-0.3, -0.25) is 0 Å². The highest BCUT2D eigenvalue weighted by Crippen LogP contribution is 2.55. The van der Waals surface area contributed by atoms with Crippen LogP contribution in [0.3, 0.4) is 0 Å². The molecule has 0 saturated carbocycles. The Morgan fingerprint density at radius 1 is 0.724 bits per heavy atom. The van der Waals surface area contributed by atoms with Crippen molar-refractivity contribution in [2.45, 2.75) is 0 Å². The van der Waals surface area contributed by atoms with Gasteiger partial charge in [0.05, 0.1) is 7.11 Å². The summed E-state index contributed by atoms with van der Waals surface area (Å²) in [5.41, 5.74) is 0. The number of ether oxygens (including phenoxy) is 1. The largest absolute Gasteiger partial charge is 0.466 e. The average molecular weight is 435 g/mol. The number of methoxy groups -OCH3 is 1. The Balaban J connectivity index is 0.000000537. The minimum absolute atomic E-state index is 0.181. The molecule has 0 unspecified atom stereocenters. The first-order valence-corrected chi connectivity index (χ1v) is 11.7. The van der Waals surface area contributed by atoms with Gasteiger partial charge < -0.3 is 4.74 Å². The first-order chi connectivity index (χ1) is 13.8. The molecule has 0 aliphatic heterocycles. The molecule has 0 heterocycles. The first kappa shape index (κ1) is 23.0. The summed E-state index contributed by atoms with van der Waals surface area (Å²) in [6, 6.07) is 31.0. The van der Waals surface area contributed by atoms with Gasteiger partial charge in [-0.05, 0) is 36.4 Å². The maximum absolute atomic E-state index is 12.4. The Morgan fingerprint density at radius 3 is 1.24 bits per heavy atom. The van der Waals surface area contributed by atoms with E-state index in [1.807, 2.05) is 54.6 Å². The third-order valence-corrected chi connectivity index (χ3v) is 8.46. The number of esters is 1. The number of halogens is 1. The van der Waals surface area contributed by atoms with Crippen molar-refractivity contribution in [1.82, 2.24) is 0 Å². The van der Waals surface area contributed by atoms with Crippen molar-refractivity contribution in [2.75, 3.05) is 13.3 Å². The van der Waals surface area contributed by atoms with E-state index >= 15 is 0 Å².